The first-order chi connectivity index (χ1) is 12.9. The summed E-state index contributed by atoms with van der Waals surface area (Å²) in [5, 5.41) is 3.60. The third-order valence-corrected chi connectivity index (χ3v) is 4.89. The molecular formula is C20H20Cl2N2O3. The number of nitrogens with one attached hydrogen (secondary N) is 1. The minimum absolute atomic E-state index is 0.0273. The smallest absolute Gasteiger partial charge is 0.265 e. The van der Waals surface area contributed by atoms with Crippen molar-refractivity contribution in [2.45, 2.75) is 25.9 Å². The third-order valence-electron chi connectivity index (χ3n) is 4.36. The van der Waals surface area contributed by atoms with Gasteiger partial charge >= 0.3 is 0 Å². The van der Waals surface area contributed by atoms with Gasteiger partial charge in [-0.1, -0.05) is 23.2 Å². The van der Waals surface area contributed by atoms with Crippen molar-refractivity contribution in [3.8, 4) is 5.75 Å². The van der Waals surface area contributed by atoms with Gasteiger partial charge in [0.15, 0.2) is 6.10 Å². The van der Waals surface area contributed by atoms with Crippen LogP contribution in [0.5, 0.6) is 5.75 Å². The lowest BCUT2D eigenvalue weighted by molar-refractivity contribution is -0.122. The molecule has 0 aromatic heterocycles. The summed E-state index contributed by atoms with van der Waals surface area (Å²) in [7, 11) is 0. The first-order valence-corrected chi connectivity index (χ1v) is 9.51. The summed E-state index contributed by atoms with van der Waals surface area (Å²) in [5.74, 6) is 0.0920. The molecule has 1 aliphatic rings. The van der Waals surface area contributed by atoms with Crippen LogP contribution in [0.2, 0.25) is 10.0 Å². The van der Waals surface area contributed by atoms with E-state index in [9.17, 15) is 9.59 Å². The predicted molar refractivity (Wildman–Crippen MR) is 107 cm³/mol. The Morgan fingerprint density at radius 3 is 2.37 bits per heavy atom. The number of nitrogens with zero attached hydrogens (tertiary/aromatic N) is 1. The van der Waals surface area contributed by atoms with Crippen LogP contribution in [0.25, 0.3) is 0 Å². The summed E-state index contributed by atoms with van der Waals surface area (Å²) >= 11 is 11.9. The summed E-state index contributed by atoms with van der Waals surface area (Å²) in [6.07, 6.45) is 1.35. The minimum atomic E-state index is -0.755. The molecule has 1 saturated heterocycles. The van der Waals surface area contributed by atoms with Crippen LogP contribution in [0.4, 0.5) is 5.69 Å². The highest BCUT2D eigenvalue weighted by Gasteiger charge is 2.20. The first-order valence-electron chi connectivity index (χ1n) is 8.76. The number of anilines is 1. The van der Waals surface area contributed by atoms with Crippen molar-refractivity contribution in [2.75, 3.05) is 18.4 Å². The van der Waals surface area contributed by atoms with Gasteiger partial charge < -0.3 is 15.0 Å². The molecule has 1 aliphatic heterocycles. The summed E-state index contributed by atoms with van der Waals surface area (Å²) < 4.78 is 5.60. The normalized spacial score (nSPS) is 14.7. The Morgan fingerprint density at radius 2 is 1.74 bits per heavy atom. The zero-order valence-electron chi connectivity index (χ0n) is 14.9. The quantitative estimate of drug-likeness (QED) is 0.786. The van der Waals surface area contributed by atoms with Crippen LogP contribution in [0, 0.1) is 0 Å². The van der Waals surface area contributed by atoms with Crippen LogP contribution in [-0.2, 0) is 4.79 Å². The van der Waals surface area contributed by atoms with Crippen LogP contribution in [0.3, 0.4) is 0 Å². The molecule has 1 heterocycles. The Morgan fingerprint density at radius 1 is 1.07 bits per heavy atom. The average Bonchev–Trinajstić information content (AvgIpc) is 3.18. The summed E-state index contributed by atoms with van der Waals surface area (Å²) in [5.41, 5.74) is 1.21. The van der Waals surface area contributed by atoms with E-state index in [0.29, 0.717) is 27.0 Å². The van der Waals surface area contributed by atoms with E-state index < -0.39 is 6.10 Å². The Labute approximate surface area is 168 Å². The minimum Gasteiger partial charge on any atom is -0.479 e. The van der Waals surface area contributed by atoms with E-state index in [2.05, 4.69) is 5.32 Å². The first kappa shape index (κ1) is 19.5. The molecule has 2 aromatic rings. The van der Waals surface area contributed by atoms with Crippen molar-refractivity contribution >= 4 is 40.7 Å². The predicted octanol–water partition coefficient (Wildman–Crippen LogP) is 4.64. The van der Waals surface area contributed by atoms with Gasteiger partial charge in [0, 0.05) is 29.4 Å². The second kappa shape index (κ2) is 8.63. The van der Waals surface area contributed by atoms with Crippen molar-refractivity contribution in [3.63, 3.8) is 0 Å². The summed E-state index contributed by atoms with van der Waals surface area (Å²) in [6.45, 7) is 3.24. The second-order valence-corrected chi connectivity index (χ2v) is 7.24. The maximum Gasteiger partial charge on any atom is 0.265 e. The van der Waals surface area contributed by atoms with Crippen LogP contribution in [-0.4, -0.2) is 35.9 Å². The van der Waals surface area contributed by atoms with Gasteiger partial charge in [-0.25, -0.2) is 0 Å². The van der Waals surface area contributed by atoms with Crippen molar-refractivity contribution in [1.29, 1.82) is 0 Å². The van der Waals surface area contributed by atoms with Gasteiger partial charge in [0.2, 0.25) is 0 Å². The number of carbonyl (C=O) groups excluding carboxylic acids is 2. The molecule has 27 heavy (non-hydrogen) atoms. The molecule has 0 saturated carbocycles. The molecule has 2 aromatic carbocycles. The fraction of sp³-hybridized carbons (Fsp3) is 0.300. The van der Waals surface area contributed by atoms with Gasteiger partial charge in [-0.3, -0.25) is 9.59 Å². The molecule has 5 nitrogen and oxygen atoms in total. The van der Waals surface area contributed by atoms with Gasteiger partial charge in [-0.15, -0.1) is 0 Å². The largest absolute Gasteiger partial charge is 0.479 e. The van der Waals surface area contributed by atoms with Crippen LogP contribution in [0.15, 0.2) is 42.5 Å². The van der Waals surface area contributed by atoms with Crippen LogP contribution >= 0.6 is 23.2 Å². The number of halogens is 2. The molecule has 0 bridgehead atoms. The molecule has 142 valence electrons. The number of ether oxygens (including phenoxy) is 1. The standard InChI is InChI=1S/C20H20Cl2N2O3/c1-13(27-18-9-6-15(21)12-17(18)22)19(25)23-16-7-4-14(5-8-16)20(26)24-10-2-3-11-24/h4-9,12-13H,2-3,10-11H2,1H3,(H,23,25). The lowest BCUT2D eigenvalue weighted by Gasteiger charge is -2.17. The maximum absolute atomic E-state index is 12.3. The van der Waals surface area contributed by atoms with Crippen LogP contribution in [0.1, 0.15) is 30.1 Å². The van der Waals surface area contributed by atoms with Crippen molar-refractivity contribution in [1.82, 2.24) is 4.90 Å². The lowest BCUT2D eigenvalue weighted by atomic mass is 10.2. The van der Waals surface area contributed by atoms with Crippen molar-refractivity contribution < 1.29 is 14.3 Å². The van der Waals surface area contributed by atoms with E-state index in [-0.39, 0.29) is 11.8 Å². The van der Waals surface area contributed by atoms with Crippen molar-refractivity contribution in [2.24, 2.45) is 0 Å². The van der Waals surface area contributed by atoms with Gasteiger partial charge in [-0.2, -0.15) is 0 Å². The summed E-state index contributed by atoms with van der Waals surface area (Å²) in [6, 6.07) is 11.7. The number of hydrogen-bond acceptors (Lipinski definition) is 3. The highest BCUT2D eigenvalue weighted by molar-refractivity contribution is 6.35. The average molecular weight is 407 g/mol. The number of carbonyl (C=O) groups is 2. The lowest BCUT2D eigenvalue weighted by Crippen LogP contribution is -2.30. The number of rotatable bonds is 5. The fourth-order valence-electron chi connectivity index (χ4n) is 2.86. The Balaban J connectivity index is 1.59. The van der Waals surface area contributed by atoms with E-state index in [1.54, 1.807) is 49.4 Å². The van der Waals surface area contributed by atoms with Crippen molar-refractivity contribution in [3.05, 3.63) is 58.1 Å². The molecule has 3 rings (SSSR count). The highest BCUT2D eigenvalue weighted by atomic mass is 35.5. The Hall–Kier alpha value is -2.24. The van der Waals surface area contributed by atoms with Gasteiger partial charge in [0.1, 0.15) is 5.75 Å². The number of likely N-dealkylation sites (tertiary alicyclic amines) is 1. The second-order valence-electron chi connectivity index (χ2n) is 6.40. The zero-order chi connectivity index (χ0) is 19.4. The highest BCUT2D eigenvalue weighted by Crippen LogP contribution is 2.28. The molecule has 1 atom stereocenters. The van der Waals surface area contributed by atoms with E-state index in [4.69, 9.17) is 27.9 Å². The zero-order valence-corrected chi connectivity index (χ0v) is 16.4. The third kappa shape index (κ3) is 4.93. The monoisotopic (exact) mass is 406 g/mol. The van der Waals surface area contributed by atoms with E-state index in [0.717, 1.165) is 25.9 Å². The topological polar surface area (TPSA) is 58.6 Å². The maximum atomic E-state index is 12.3. The van der Waals surface area contributed by atoms with Gasteiger partial charge in [0.05, 0.1) is 5.02 Å². The van der Waals surface area contributed by atoms with E-state index >= 15 is 0 Å². The summed E-state index contributed by atoms with van der Waals surface area (Å²) in [4.78, 5) is 26.5. The molecule has 0 spiro atoms. The molecule has 0 radical (unpaired) electrons. The SMILES string of the molecule is CC(Oc1ccc(Cl)cc1Cl)C(=O)Nc1ccc(C(=O)N2CCCC2)cc1. The molecule has 1 N–H and O–H groups in total. The molecule has 1 unspecified atom stereocenters. The molecule has 0 aliphatic carbocycles. The number of amides is 2. The van der Waals surface area contributed by atoms with E-state index in [1.165, 1.54) is 0 Å². The molecular weight excluding hydrogens is 387 g/mol. The molecule has 2 amide bonds. The Kier molecular flexibility index (Phi) is 6.24. The Bertz CT molecular complexity index is 834. The fourth-order valence-corrected chi connectivity index (χ4v) is 3.31. The molecule has 1 fully saturated rings. The van der Waals surface area contributed by atoms with E-state index in [1.807, 2.05) is 4.90 Å². The number of benzene rings is 2. The van der Waals surface area contributed by atoms with Gasteiger partial charge in [0.25, 0.3) is 11.8 Å². The van der Waals surface area contributed by atoms with Crippen LogP contribution < -0.4 is 10.1 Å². The van der Waals surface area contributed by atoms with Gasteiger partial charge in [-0.05, 0) is 62.2 Å². The molecule has 7 heteroatoms. The number of hydrogen-bond donors (Lipinski definition) is 1.